The van der Waals surface area contributed by atoms with Gasteiger partial charge in [-0.15, -0.1) is 11.3 Å². The van der Waals surface area contributed by atoms with Gasteiger partial charge in [0, 0.05) is 25.4 Å². The Morgan fingerprint density at radius 1 is 1.25 bits per heavy atom. The lowest BCUT2D eigenvalue weighted by Gasteiger charge is -2.29. The van der Waals surface area contributed by atoms with E-state index < -0.39 is 0 Å². The Morgan fingerprint density at radius 3 is 2.79 bits per heavy atom. The summed E-state index contributed by atoms with van der Waals surface area (Å²) in [6, 6.07) is 6.09. The van der Waals surface area contributed by atoms with Crippen LogP contribution in [0.1, 0.15) is 48.0 Å². The lowest BCUT2D eigenvalue weighted by atomic mass is 10.1. The minimum atomic E-state index is 0.109. The lowest BCUT2D eigenvalue weighted by Crippen LogP contribution is -2.39. The minimum absolute atomic E-state index is 0.109. The summed E-state index contributed by atoms with van der Waals surface area (Å²) in [5.41, 5.74) is 3.33. The molecular weight excluding hydrogens is 370 g/mol. The number of piperidine rings is 1. The molecule has 0 unspecified atom stereocenters. The molecular formula is C22H31N3O2S. The van der Waals surface area contributed by atoms with E-state index in [-0.39, 0.29) is 5.91 Å². The highest BCUT2D eigenvalue weighted by Crippen LogP contribution is 2.22. The van der Waals surface area contributed by atoms with Gasteiger partial charge in [-0.25, -0.2) is 4.98 Å². The molecule has 28 heavy (non-hydrogen) atoms. The number of thiazole rings is 1. The van der Waals surface area contributed by atoms with Crippen molar-refractivity contribution in [3.05, 3.63) is 45.4 Å². The molecule has 1 saturated heterocycles. The Kier molecular flexibility index (Phi) is 7.45. The van der Waals surface area contributed by atoms with E-state index in [1.807, 2.05) is 22.4 Å². The molecule has 1 aliphatic rings. The largest absolute Gasteiger partial charge is 0.486 e. The number of amides is 1. The third-order valence-corrected chi connectivity index (χ3v) is 6.31. The summed E-state index contributed by atoms with van der Waals surface area (Å²) < 4.78 is 5.96. The van der Waals surface area contributed by atoms with Crippen LogP contribution >= 0.6 is 11.3 Å². The summed E-state index contributed by atoms with van der Waals surface area (Å²) in [5.74, 6) is 1.02. The van der Waals surface area contributed by atoms with Crippen LogP contribution in [0.25, 0.3) is 0 Å². The highest BCUT2D eigenvalue weighted by molar-refractivity contribution is 7.09. The van der Waals surface area contributed by atoms with Gasteiger partial charge in [-0.3, -0.25) is 4.79 Å². The van der Waals surface area contributed by atoms with Gasteiger partial charge in [-0.2, -0.15) is 0 Å². The van der Waals surface area contributed by atoms with Gasteiger partial charge in [0.05, 0.1) is 12.2 Å². The lowest BCUT2D eigenvalue weighted by molar-refractivity contribution is -0.129. The summed E-state index contributed by atoms with van der Waals surface area (Å²) in [6.07, 6.45) is 3.88. The van der Waals surface area contributed by atoms with Crippen molar-refractivity contribution in [2.24, 2.45) is 0 Å². The van der Waals surface area contributed by atoms with Gasteiger partial charge < -0.3 is 14.5 Å². The fraction of sp³-hybridized carbons (Fsp3) is 0.545. The second kappa shape index (κ2) is 10.0. The van der Waals surface area contributed by atoms with Crippen molar-refractivity contribution in [3.8, 4) is 5.75 Å². The van der Waals surface area contributed by atoms with Crippen LogP contribution in [0.2, 0.25) is 0 Å². The maximum atomic E-state index is 12.1. The van der Waals surface area contributed by atoms with Gasteiger partial charge >= 0.3 is 0 Å². The van der Waals surface area contributed by atoms with Crippen molar-refractivity contribution in [2.75, 3.05) is 26.2 Å². The van der Waals surface area contributed by atoms with Gasteiger partial charge in [0.1, 0.15) is 17.4 Å². The average molecular weight is 402 g/mol. The van der Waals surface area contributed by atoms with Crippen LogP contribution in [-0.4, -0.2) is 46.9 Å². The monoisotopic (exact) mass is 401 g/mol. The Labute approximate surface area is 172 Å². The van der Waals surface area contributed by atoms with Crippen molar-refractivity contribution in [1.82, 2.24) is 14.8 Å². The molecule has 5 nitrogen and oxygen atoms in total. The highest BCUT2D eigenvalue weighted by Gasteiger charge is 2.16. The molecule has 0 aliphatic carbocycles. The first-order valence-electron chi connectivity index (χ1n) is 10.1. The van der Waals surface area contributed by atoms with E-state index in [2.05, 4.69) is 29.8 Å². The number of ether oxygens (including phenoxy) is 1. The number of hydrogen-bond donors (Lipinski definition) is 0. The molecule has 2 aromatic rings. The number of hydrogen-bond acceptors (Lipinski definition) is 5. The van der Waals surface area contributed by atoms with Crippen LogP contribution in [0.5, 0.6) is 5.75 Å². The predicted octanol–water partition coefficient (Wildman–Crippen LogP) is 4.17. The molecule has 2 heterocycles. The molecule has 0 bridgehead atoms. The molecule has 1 fully saturated rings. The first kappa shape index (κ1) is 20.8. The third-order valence-electron chi connectivity index (χ3n) is 5.44. The minimum Gasteiger partial charge on any atom is -0.486 e. The fourth-order valence-corrected chi connectivity index (χ4v) is 4.19. The molecule has 1 aliphatic heterocycles. The summed E-state index contributed by atoms with van der Waals surface area (Å²) in [5, 5.41) is 2.98. The molecule has 0 radical (unpaired) electrons. The van der Waals surface area contributed by atoms with Gasteiger partial charge in [0.15, 0.2) is 0 Å². The Hall–Kier alpha value is -1.92. The first-order valence-corrected chi connectivity index (χ1v) is 11.0. The zero-order chi connectivity index (χ0) is 19.9. The number of carbonyl (C=O) groups excluding carboxylic acids is 1. The smallest absolute Gasteiger partial charge is 0.219 e. The third kappa shape index (κ3) is 5.79. The standard InChI is InChI=1S/C22H31N3O2S/c1-17-8-7-9-21(18(17)2)27-15-22-23-20(16-28-22)14-25(19(3)26)13-12-24-10-5-4-6-11-24/h7-9,16H,4-6,10-15H2,1-3H3. The van der Waals surface area contributed by atoms with E-state index in [0.29, 0.717) is 13.2 Å². The molecule has 0 atom stereocenters. The Balaban J connectivity index is 1.52. The van der Waals surface area contributed by atoms with Gasteiger partial charge in [0.2, 0.25) is 5.91 Å². The van der Waals surface area contributed by atoms with Crippen LogP contribution in [0, 0.1) is 13.8 Å². The van der Waals surface area contributed by atoms with Crippen LogP contribution in [0.15, 0.2) is 23.6 Å². The Morgan fingerprint density at radius 2 is 2.04 bits per heavy atom. The quantitative estimate of drug-likeness (QED) is 0.666. The van der Waals surface area contributed by atoms with E-state index in [9.17, 15) is 4.79 Å². The topological polar surface area (TPSA) is 45.7 Å². The van der Waals surface area contributed by atoms with Crippen LogP contribution in [0.3, 0.4) is 0 Å². The van der Waals surface area contributed by atoms with Crippen molar-refractivity contribution in [3.63, 3.8) is 0 Å². The predicted molar refractivity (Wildman–Crippen MR) is 114 cm³/mol. The molecule has 152 valence electrons. The maximum Gasteiger partial charge on any atom is 0.219 e. The SMILES string of the molecule is CC(=O)N(CCN1CCCCC1)Cc1csc(COc2cccc(C)c2C)n1. The molecule has 0 spiro atoms. The average Bonchev–Trinajstić information content (AvgIpc) is 3.14. The molecule has 1 aromatic carbocycles. The number of rotatable bonds is 8. The number of aryl methyl sites for hydroxylation is 1. The molecule has 0 saturated carbocycles. The van der Waals surface area contributed by atoms with Crippen LogP contribution in [0.4, 0.5) is 0 Å². The van der Waals surface area contributed by atoms with Crippen molar-refractivity contribution in [1.29, 1.82) is 0 Å². The highest BCUT2D eigenvalue weighted by atomic mass is 32.1. The van der Waals surface area contributed by atoms with E-state index in [1.165, 1.54) is 30.4 Å². The first-order chi connectivity index (χ1) is 13.5. The van der Waals surface area contributed by atoms with Crippen molar-refractivity contribution in [2.45, 2.75) is 53.2 Å². The normalized spacial score (nSPS) is 14.8. The number of carbonyl (C=O) groups is 1. The van der Waals surface area contributed by atoms with Crippen molar-refractivity contribution >= 4 is 17.2 Å². The second-order valence-corrected chi connectivity index (χ2v) is 8.50. The van der Waals surface area contributed by atoms with Gasteiger partial charge in [-0.1, -0.05) is 18.6 Å². The van der Waals surface area contributed by atoms with Crippen LogP contribution in [-0.2, 0) is 17.9 Å². The summed E-state index contributed by atoms with van der Waals surface area (Å²) >= 11 is 1.59. The number of nitrogens with zero attached hydrogens (tertiary/aromatic N) is 3. The zero-order valence-electron chi connectivity index (χ0n) is 17.2. The van der Waals surface area contributed by atoms with Crippen LogP contribution < -0.4 is 4.74 Å². The maximum absolute atomic E-state index is 12.1. The second-order valence-electron chi connectivity index (χ2n) is 7.56. The van der Waals surface area contributed by atoms with Crippen molar-refractivity contribution < 1.29 is 9.53 Å². The van der Waals surface area contributed by atoms with E-state index >= 15 is 0 Å². The summed E-state index contributed by atoms with van der Waals surface area (Å²) in [7, 11) is 0. The molecule has 1 aromatic heterocycles. The molecule has 0 N–H and O–H groups in total. The molecule has 6 heteroatoms. The summed E-state index contributed by atoms with van der Waals surface area (Å²) in [6.45, 7) is 10.9. The van der Waals surface area contributed by atoms with E-state index in [0.717, 1.165) is 42.6 Å². The van der Waals surface area contributed by atoms with E-state index in [4.69, 9.17) is 4.74 Å². The Bertz CT molecular complexity index is 784. The fourth-order valence-electron chi connectivity index (χ4n) is 3.50. The number of benzene rings is 1. The van der Waals surface area contributed by atoms with E-state index in [1.54, 1.807) is 18.3 Å². The van der Waals surface area contributed by atoms with Gasteiger partial charge in [-0.05, 0) is 57.0 Å². The summed E-state index contributed by atoms with van der Waals surface area (Å²) in [4.78, 5) is 21.1. The molecule has 3 rings (SSSR count). The zero-order valence-corrected chi connectivity index (χ0v) is 18.1. The van der Waals surface area contributed by atoms with Gasteiger partial charge in [0.25, 0.3) is 0 Å². The molecule has 1 amide bonds. The number of likely N-dealkylation sites (tertiary alicyclic amines) is 1. The number of aromatic nitrogens is 1.